The Morgan fingerprint density at radius 2 is 2.27 bits per heavy atom. The molecule has 1 aromatic carbocycles. The number of para-hydroxylation sites is 1. The number of aliphatic imine (C=N–C) groups is 1. The summed E-state index contributed by atoms with van der Waals surface area (Å²) in [6.07, 6.45) is 1.65. The van der Waals surface area contributed by atoms with Crippen molar-refractivity contribution < 1.29 is 14.6 Å². The summed E-state index contributed by atoms with van der Waals surface area (Å²) in [6.45, 7) is 1.98. The van der Waals surface area contributed by atoms with E-state index in [1.807, 2.05) is 30.3 Å². The standard InChI is InChI=1S/C16H14N2O3S/c1-2-21-16(20)14-13(19)9-22-15(14)18-11-7-10-5-3-4-6-12(10)17-8-11/h3-8,19H,2,9H2,1H3. The molecule has 1 aliphatic heterocycles. The molecule has 6 heteroatoms. The van der Waals surface area contributed by atoms with Gasteiger partial charge in [-0.15, -0.1) is 0 Å². The van der Waals surface area contributed by atoms with Gasteiger partial charge in [-0.2, -0.15) is 0 Å². The molecule has 0 spiro atoms. The monoisotopic (exact) mass is 314 g/mol. The van der Waals surface area contributed by atoms with Crippen LogP contribution >= 0.6 is 11.8 Å². The van der Waals surface area contributed by atoms with Gasteiger partial charge in [0.1, 0.15) is 16.4 Å². The van der Waals surface area contributed by atoms with Crippen LogP contribution in [-0.4, -0.2) is 33.5 Å². The van der Waals surface area contributed by atoms with Gasteiger partial charge < -0.3 is 9.84 Å². The third-order valence-electron chi connectivity index (χ3n) is 3.13. The Balaban J connectivity index is 1.97. The van der Waals surface area contributed by atoms with Crippen LogP contribution in [0, 0.1) is 0 Å². The minimum absolute atomic E-state index is 0.0101. The van der Waals surface area contributed by atoms with Gasteiger partial charge in [0, 0.05) is 5.39 Å². The van der Waals surface area contributed by atoms with Crippen molar-refractivity contribution in [2.75, 3.05) is 12.4 Å². The van der Waals surface area contributed by atoms with Gasteiger partial charge in [-0.05, 0) is 19.1 Å². The fourth-order valence-corrected chi connectivity index (χ4v) is 3.07. The van der Waals surface area contributed by atoms with Gasteiger partial charge in [-0.3, -0.25) is 4.98 Å². The first kappa shape index (κ1) is 14.6. The third-order valence-corrected chi connectivity index (χ3v) is 4.12. The molecule has 0 radical (unpaired) electrons. The molecule has 0 fully saturated rings. The number of rotatable bonds is 3. The molecule has 22 heavy (non-hydrogen) atoms. The molecule has 0 saturated carbocycles. The van der Waals surface area contributed by atoms with Crippen molar-refractivity contribution in [1.82, 2.24) is 4.98 Å². The molecule has 112 valence electrons. The van der Waals surface area contributed by atoms with Crippen LogP contribution in [-0.2, 0) is 9.53 Å². The molecule has 2 heterocycles. The van der Waals surface area contributed by atoms with Crippen molar-refractivity contribution in [3.8, 4) is 0 Å². The number of carbonyl (C=O) groups is 1. The van der Waals surface area contributed by atoms with Gasteiger partial charge >= 0.3 is 5.97 Å². The summed E-state index contributed by atoms with van der Waals surface area (Å²) in [4.78, 5) is 20.7. The molecular weight excluding hydrogens is 300 g/mol. The van der Waals surface area contributed by atoms with E-state index < -0.39 is 5.97 Å². The van der Waals surface area contributed by atoms with Crippen LogP contribution in [0.2, 0.25) is 0 Å². The van der Waals surface area contributed by atoms with E-state index in [1.165, 1.54) is 11.8 Å². The Bertz CT molecular complexity index is 799. The van der Waals surface area contributed by atoms with Crippen molar-refractivity contribution in [2.45, 2.75) is 6.92 Å². The van der Waals surface area contributed by atoms with Crippen molar-refractivity contribution >= 4 is 39.4 Å². The van der Waals surface area contributed by atoms with Crippen molar-refractivity contribution in [3.05, 3.63) is 47.9 Å². The number of aliphatic hydroxyl groups excluding tert-OH is 1. The van der Waals surface area contributed by atoms with Gasteiger partial charge in [-0.1, -0.05) is 30.0 Å². The minimum atomic E-state index is -0.544. The number of aromatic nitrogens is 1. The summed E-state index contributed by atoms with van der Waals surface area (Å²) in [5, 5.41) is 11.3. The van der Waals surface area contributed by atoms with Gasteiger partial charge in [-0.25, -0.2) is 9.79 Å². The number of hydrogen-bond acceptors (Lipinski definition) is 6. The Labute approximate surface area is 131 Å². The SMILES string of the molecule is CCOC(=O)C1=C(O)CSC1=Nc1cnc2ccccc2c1. The van der Waals surface area contributed by atoms with Gasteiger partial charge in [0.2, 0.25) is 0 Å². The van der Waals surface area contributed by atoms with E-state index >= 15 is 0 Å². The first-order chi connectivity index (χ1) is 10.7. The fourth-order valence-electron chi connectivity index (χ4n) is 2.14. The minimum Gasteiger partial charge on any atom is -0.510 e. The van der Waals surface area contributed by atoms with Crippen molar-refractivity contribution in [3.63, 3.8) is 0 Å². The summed E-state index contributed by atoms with van der Waals surface area (Å²) in [6, 6.07) is 9.63. The Morgan fingerprint density at radius 1 is 1.45 bits per heavy atom. The normalized spacial score (nSPS) is 16.5. The van der Waals surface area contributed by atoms with E-state index in [4.69, 9.17) is 4.74 Å². The number of ether oxygens (including phenoxy) is 1. The average molecular weight is 314 g/mol. The summed E-state index contributed by atoms with van der Waals surface area (Å²) in [5.41, 5.74) is 1.67. The van der Waals surface area contributed by atoms with Crippen molar-refractivity contribution in [1.29, 1.82) is 0 Å². The molecule has 1 aliphatic rings. The molecule has 0 unspecified atom stereocenters. The van der Waals surface area contributed by atoms with Crippen LogP contribution in [0.4, 0.5) is 5.69 Å². The second kappa shape index (κ2) is 6.19. The Kier molecular flexibility index (Phi) is 4.11. The van der Waals surface area contributed by atoms with Gasteiger partial charge in [0.25, 0.3) is 0 Å². The fraction of sp³-hybridized carbons (Fsp3) is 0.188. The molecule has 5 nitrogen and oxygen atoms in total. The lowest BCUT2D eigenvalue weighted by atomic mass is 10.2. The largest absolute Gasteiger partial charge is 0.510 e. The highest BCUT2D eigenvalue weighted by atomic mass is 32.2. The molecule has 2 aromatic rings. The number of hydrogen-bond donors (Lipinski definition) is 1. The topological polar surface area (TPSA) is 71.8 Å². The second-order valence-corrected chi connectivity index (χ2v) is 5.60. The van der Waals surface area contributed by atoms with Crippen LogP contribution in [0.3, 0.4) is 0 Å². The first-order valence-electron chi connectivity index (χ1n) is 6.85. The predicted molar refractivity (Wildman–Crippen MR) is 87.6 cm³/mol. The zero-order valence-electron chi connectivity index (χ0n) is 11.9. The lowest BCUT2D eigenvalue weighted by Crippen LogP contribution is -2.12. The number of carbonyl (C=O) groups excluding carboxylic acids is 1. The van der Waals surface area contributed by atoms with E-state index in [1.54, 1.807) is 13.1 Å². The summed E-state index contributed by atoms with van der Waals surface area (Å²) >= 11 is 1.31. The number of esters is 1. The van der Waals surface area contributed by atoms with E-state index in [2.05, 4.69) is 9.98 Å². The number of aliphatic hydroxyl groups is 1. The van der Waals surface area contributed by atoms with Gasteiger partial charge in [0.05, 0.1) is 29.8 Å². The van der Waals surface area contributed by atoms with E-state index in [9.17, 15) is 9.90 Å². The van der Waals surface area contributed by atoms with Crippen LogP contribution in [0.15, 0.2) is 52.9 Å². The number of fused-ring (bicyclic) bond motifs is 1. The van der Waals surface area contributed by atoms with E-state index in [-0.39, 0.29) is 17.9 Å². The van der Waals surface area contributed by atoms with E-state index in [0.29, 0.717) is 16.5 Å². The number of thioether (sulfide) groups is 1. The van der Waals surface area contributed by atoms with Crippen LogP contribution in [0.25, 0.3) is 10.9 Å². The Morgan fingerprint density at radius 3 is 3.09 bits per heavy atom. The molecule has 1 aromatic heterocycles. The highest BCUT2D eigenvalue weighted by Crippen LogP contribution is 2.30. The molecular formula is C16H14N2O3S. The zero-order chi connectivity index (χ0) is 15.5. The summed E-state index contributed by atoms with van der Waals surface area (Å²) < 4.78 is 4.97. The van der Waals surface area contributed by atoms with Gasteiger partial charge in [0.15, 0.2) is 0 Å². The third kappa shape index (κ3) is 2.82. The summed E-state index contributed by atoms with van der Waals surface area (Å²) in [5.74, 6) is -0.206. The summed E-state index contributed by atoms with van der Waals surface area (Å²) in [7, 11) is 0. The molecule has 3 rings (SSSR count). The maximum absolute atomic E-state index is 11.9. The number of nitrogens with zero attached hydrogens (tertiary/aromatic N) is 2. The molecule has 0 bridgehead atoms. The van der Waals surface area contributed by atoms with Crippen LogP contribution < -0.4 is 0 Å². The smallest absolute Gasteiger partial charge is 0.344 e. The lowest BCUT2D eigenvalue weighted by molar-refractivity contribution is -0.138. The molecule has 0 aliphatic carbocycles. The quantitative estimate of drug-likeness (QED) is 0.879. The maximum atomic E-state index is 11.9. The predicted octanol–water partition coefficient (Wildman–Crippen LogP) is 3.39. The molecule has 0 atom stereocenters. The molecule has 0 saturated heterocycles. The number of benzene rings is 1. The van der Waals surface area contributed by atoms with Crippen LogP contribution in [0.5, 0.6) is 0 Å². The van der Waals surface area contributed by atoms with E-state index in [0.717, 1.165) is 10.9 Å². The second-order valence-electron chi connectivity index (χ2n) is 4.63. The lowest BCUT2D eigenvalue weighted by Gasteiger charge is -2.04. The molecule has 0 amide bonds. The maximum Gasteiger partial charge on any atom is 0.344 e. The van der Waals surface area contributed by atoms with Crippen LogP contribution in [0.1, 0.15) is 6.92 Å². The first-order valence-corrected chi connectivity index (χ1v) is 7.83. The zero-order valence-corrected chi connectivity index (χ0v) is 12.8. The molecule has 1 N–H and O–H groups in total. The Hall–Kier alpha value is -2.34. The van der Waals surface area contributed by atoms with Crippen molar-refractivity contribution in [2.24, 2.45) is 4.99 Å². The average Bonchev–Trinajstić information content (AvgIpc) is 2.88. The number of pyridine rings is 1. The highest BCUT2D eigenvalue weighted by Gasteiger charge is 2.29. The highest BCUT2D eigenvalue weighted by molar-refractivity contribution is 8.15.